The van der Waals surface area contributed by atoms with E-state index >= 15 is 0 Å². The van der Waals surface area contributed by atoms with E-state index in [2.05, 4.69) is 5.32 Å². The van der Waals surface area contributed by atoms with Crippen molar-refractivity contribution < 1.29 is 32.4 Å². The predicted molar refractivity (Wildman–Crippen MR) is 116 cm³/mol. The van der Waals surface area contributed by atoms with E-state index in [0.29, 0.717) is 13.0 Å². The van der Waals surface area contributed by atoms with Gasteiger partial charge < -0.3 is 24.3 Å². The normalized spacial score (nSPS) is 22.2. The number of ether oxygens (including phenoxy) is 1. The molecule has 1 atom stereocenters. The fourth-order valence-electron chi connectivity index (χ4n) is 3.59. The van der Waals surface area contributed by atoms with Crippen molar-refractivity contribution in [3.63, 3.8) is 0 Å². The van der Waals surface area contributed by atoms with Crippen LogP contribution in [0.4, 0.5) is 13.6 Å². The van der Waals surface area contributed by atoms with E-state index in [9.17, 15) is 18.4 Å². The number of amides is 2. The summed E-state index contributed by atoms with van der Waals surface area (Å²) in [6.45, 7) is 13.0. The van der Waals surface area contributed by atoms with Crippen molar-refractivity contribution >= 4 is 24.6 Å². The molecule has 0 radical (unpaired) electrons. The van der Waals surface area contributed by atoms with Crippen LogP contribution in [0.5, 0.6) is 0 Å². The summed E-state index contributed by atoms with van der Waals surface area (Å²) in [5.41, 5.74) is -2.52. The minimum atomic E-state index is -1.24. The number of rotatable bonds is 3. The van der Waals surface area contributed by atoms with E-state index in [-0.39, 0.29) is 23.6 Å². The van der Waals surface area contributed by atoms with Crippen LogP contribution >= 0.6 is 0 Å². The quantitative estimate of drug-likeness (QED) is 0.714. The van der Waals surface area contributed by atoms with Gasteiger partial charge in [-0.1, -0.05) is 6.07 Å². The lowest BCUT2D eigenvalue weighted by Gasteiger charge is -2.32. The maximum atomic E-state index is 14.9. The van der Waals surface area contributed by atoms with Crippen molar-refractivity contribution in [1.82, 2.24) is 10.2 Å². The Morgan fingerprint density at radius 1 is 1.12 bits per heavy atom. The number of halogens is 2. The van der Waals surface area contributed by atoms with Crippen molar-refractivity contribution in [1.29, 1.82) is 0 Å². The third-order valence-corrected chi connectivity index (χ3v) is 6.05. The maximum Gasteiger partial charge on any atom is 0.497 e. The van der Waals surface area contributed by atoms with Gasteiger partial charge in [0.2, 0.25) is 0 Å². The van der Waals surface area contributed by atoms with Gasteiger partial charge in [-0.15, -0.1) is 0 Å². The predicted octanol–water partition coefficient (Wildman–Crippen LogP) is 3.00. The molecule has 0 bridgehead atoms. The van der Waals surface area contributed by atoms with Gasteiger partial charge in [0.1, 0.15) is 5.60 Å². The molecular formula is C22H31BF2N2O5. The number of carbonyl (C=O) groups is 2. The van der Waals surface area contributed by atoms with Crippen LogP contribution in [-0.2, 0) is 14.0 Å². The van der Waals surface area contributed by atoms with Crippen molar-refractivity contribution in [3.8, 4) is 0 Å². The Hall–Kier alpha value is -2.20. The average molecular weight is 452 g/mol. The Balaban J connectivity index is 1.70. The zero-order valence-electron chi connectivity index (χ0n) is 19.7. The Kier molecular flexibility index (Phi) is 6.34. The van der Waals surface area contributed by atoms with Gasteiger partial charge in [-0.2, -0.15) is 0 Å². The van der Waals surface area contributed by atoms with Crippen LogP contribution < -0.4 is 10.8 Å². The highest BCUT2D eigenvalue weighted by Crippen LogP contribution is 2.36. The molecule has 0 aromatic heterocycles. The molecule has 0 saturated carbocycles. The van der Waals surface area contributed by atoms with Crippen molar-refractivity contribution in [2.24, 2.45) is 0 Å². The van der Waals surface area contributed by atoms with Crippen LogP contribution in [0.25, 0.3) is 0 Å². The Bertz CT molecular complexity index is 900. The van der Waals surface area contributed by atoms with E-state index in [1.165, 1.54) is 17.0 Å². The first kappa shape index (κ1) is 24.4. The number of hydrogen-bond donors (Lipinski definition) is 1. The molecule has 176 valence electrons. The van der Waals surface area contributed by atoms with E-state index in [4.69, 9.17) is 14.0 Å². The molecular weight excluding hydrogens is 421 g/mol. The second kappa shape index (κ2) is 8.30. The number of likely N-dealkylation sites (tertiary alicyclic amines) is 1. The van der Waals surface area contributed by atoms with Crippen LogP contribution in [0.2, 0.25) is 0 Å². The molecule has 2 saturated heterocycles. The molecule has 1 aromatic rings. The van der Waals surface area contributed by atoms with Crippen LogP contribution in [0.15, 0.2) is 12.1 Å². The lowest BCUT2D eigenvalue weighted by Crippen LogP contribution is -2.41. The summed E-state index contributed by atoms with van der Waals surface area (Å²) >= 11 is 0. The zero-order valence-corrected chi connectivity index (χ0v) is 19.7. The maximum absolute atomic E-state index is 14.9. The highest BCUT2D eigenvalue weighted by molar-refractivity contribution is 6.62. The summed E-state index contributed by atoms with van der Waals surface area (Å²) < 4.78 is 46.6. The minimum Gasteiger partial charge on any atom is -0.444 e. The van der Waals surface area contributed by atoms with Gasteiger partial charge in [-0.3, -0.25) is 4.79 Å². The summed E-state index contributed by atoms with van der Waals surface area (Å²) in [7, 11) is -1.08. The Morgan fingerprint density at radius 3 is 2.28 bits per heavy atom. The molecule has 32 heavy (non-hydrogen) atoms. The second-order valence-electron chi connectivity index (χ2n) is 10.3. The lowest BCUT2D eigenvalue weighted by atomic mass is 9.78. The number of benzene rings is 1. The van der Waals surface area contributed by atoms with Gasteiger partial charge in [-0.25, -0.2) is 13.6 Å². The lowest BCUT2D eigenvalue weighted by molar-refractivity contribution is 0.00578. The fourth-order valence-corrected chi connectivity index (χ4v) is 3.59. The van der Waals surface area contributed by atoms with Crippen LogP contribution in [0.1, 0.15) is 65.2 Å². The molecule has 1 N–H and O–H groups in total. The first-order valence-corrected chi connectivity index (χ1v) is 10.7. The van der Waals surface area contributed by atoms with Gasteiger partial charge in [0.25, 0.3) is 5.91 Å². The number of alkyl carbamates (subject to hydrolysis) is 1. The molecule has 2 amide bonds. The number of nitrogens with one attached hydrogen (secondary N) is 1. The summed E-state index contributed by atoms with van der Waals surface area (Å²) in [6, 6.07) is 2.24. The van der Waals surface area contributed by atoms with Crippen molar-refractivity contribution in [2.75, 3.05) is 13.1 Å². The van der Waals surface area contributed by atoms with E-state index in [0.717, 1.165) is 0 Å². The molecule has 0 spiro atoms. The monoisotopic (exact) mass is 452 g/mol. The third-order valence-electron chi connectivity index (χ3n) is 6.05. The zero-order chi connectivity index (χ0) is 24.1. The summed E-state index contributed by atoms with van der Waals surface area (Å²) in [5.74, 6) is -3.06. The molecule has 1 aromatic carbocycles. The molecule has 2 fully saturated rings. The Labute approximate surface area is 187 Å². The van der Waals surface area contributed by atoms with E-state index in [1.54, 1.807) is 20.8 Å². The molecule has 2 aliphatic heterocycles. The van der Waals surface area contributed by atoms with Crippen LogP contribution in [0, 0.1) is 11.6 Å². The van der Waals surface area contributed by atoms with Gasteiger partial charge in [-0.05, 0) is 61.0 Å². The molecule has 2 heterocycles. The highest BCUT2D eigenvalue weighted by atomic mass is 19.2. The average Bonchev–Trinajstić information content (AvgIpc) is 3.16. The first-order chi connectivity index (χ1) is 14.6. The second-order valence-corrected chi connectivity index (χ2v) is 10.3. The van der Waals surface area contributed by atoms with E-state index in [1.807, 2.05) is 27.7 Å². The SMILES string of the molecule is CC(C)(C)OC(=O)NC1CCN(C(=O)c2ccc(B3OC(C)(C)C(C)(C)O3)c(F)c2F)C1. The van der Waals surface area contributed by atoms with E-state index < -0.39 is 47.6 Å². The van der Waals surface area contributed by atoms with Gasteiger partial charge >= 0.3 is 13.2 Å². The van der Waals surface area contributed by atoms with Crippen LogP contribution in [0.3, 0.4) is 0 Å². The molecule has 2 aliphatic rings. The Morgan fingerprint density at radius 2 is 1.72 bits per heavy atom. The molecule has 10 heteroatoms. The summed E-state index contributed by atoms with van der Waals surface area (Å²) in [6.07, 6.45) is -0.0954. The topological polar surface area (TPSA) is 77.1 Å². The summed E-state index contributed by atoms with van der Waals surface area (Å²) in [4.78, 5) is 26.2. The largest absolute Gasteiger partial charge is 0.497 e. The van der Waals surface area contributed by atoms with Crippen molar-refractivity contribution in [2.45, 2.75) is 77.7 Å². The van der Waals surface area contributed by atoms with Crippen molar-refractivity contribution in [3.05, 3.63) is 29.3 Å². The number of hydrogen-bond acceptors (Lipinski definition) is 5. The molecule has 7 nitrogen and oxygen atoms in total. The number of nitrogens with zero attached hydrogens (tertiary/aromatic N) is 1. The fraction of sp³-hybridized carbons (Fsp3) is 0.636. The molecule has 1 unspecified atom stereocenters. The summed E-state index contributed by atoms with van der Waals surface area (Å²) in [5, 5.41) is 2.70. The number of carbonyl (C=O) groups excluding carboxylic acids is 2. The van der Waals surface area contributed by atoms with Gasteiger partial charge in [0.15, 0.2) is 11.6 Å². The minimum absolute atomic E-state index is 0.0939. The van der Waals surface area contributed by atoms with Gasteiger partial charge in [0, 0.05) is 18.6 Å². The smallest absolute Gasteiger partial charge is 0.444 e. The molecule has 3 rings (SSSR count). The molecule has 0 aliphatic carbocycles. The standard InChI is InChI=1S/C22H31BF2N2O5/c1-20(2,3)30-19(29)26-13-10-11-27(12-13)18(28)14-8-9-15(17(25)16(14)24)23-31-21(4,5)22(6,7)32-23/h8-9,13H,10-12H2,1-7H3,(H,26,29). The first-order valence-electron chi connectivity index (χ1n) is 10.7. The third kappa shape index (κ3) is 4.91. The highest BCUT2D eigenvalue weighted by Gasteiger charge is 2.52. The van der Waals surface area contributed by atoms with Crippen LogP contribution in [-0.4, -0.2) is 60.0 Å². The van der Waals surface area contributed by atoms with Gasteiger partial charge in [0.05, 0.1) is 22.8 Å².